The molecule has 1 atom stereocenters. The average Bonchev–Trinajstić information content (AvgIpc) is 2.85. The Morgan fingerprint density at radius 2 is 1.87 bits per heavy atom. The van der Waals surface area contributed by atoms with E-state index in [0.717, 1.165) is 31.5 Å². The highest BCUT2D eigenvalue weighted by atomic mass is 35.5. The highest BCUT2D eigenvalue weighted by Gasteiger charge is 2.43. The van der Waals surface area contributed by atoms with E-state index >= 15 is 0 Å². The zero-order valence-corrected chi connectivity index (χ0v) is 14.2. The van der Waals surface area contributed by atoms with Gasteiger partial charge in [0.25, 0.3) is 5.91 Å². The summed E-state index contributed by atoms with van der Waals surface area (Å²) in [5, 5.41) is 0.553. The number of imide groups is 1. The zero-order valence-electron chi connectivity index (χ0n) is 13.5. The van der Waals surface area contributed by atoms with Gasteiger partial charge in [-0.3, -0.25) is 14.5 Å². The minimum Gasteiger partial charge on any atom is -0.495 e. The van der Waals surface area contributed by atoms with E-state index in [1.54, 1.807) is 12.1 Å². The number of aryl methyl sites for hydroxylation is 1. The van der Waals surface area contributed by atoms with E-state index in [0.29, 0.717) is 16.5 Å². The molecule has 0 aliphatic carbocycles. The molecule has 3 rings (SSSR count). The van der Waals surface area contributed by atoms with Crippen LogP contribution in [0.2, 0.25) is 5.02 Å². The Kier molecular flexibility index (Phi) is 4.60. The SMILES string of the molecule is COc1cc(Cl)c(C)cc1N1C(=O)C[C@H](N2CCCCC2)C1=O. The third kappa shape index (κ3) is 2.95. The van der Waals surface area contributed by atoms with Crippen LogP contribution >= 0.6 is 11.6 Å². The second-order valence-corrected chi connectivity index (χ2v) is 6.56. The van der Waals surface area contributed by atoms with Crippen LogP contribution in [0.15, 0.2) is 12.1 Å². The van der Waals surface area contributed by atoms with E-state index < -0.39 is 0 Å². The van der Waals surface area contributed by atoms with Crippen molar-refractivity contribution in [3.63, 3.8) is 0 Å². The molecule has 0 radical (unpaired) electrons. The van der Waals surface area contributed by atoms with Crippen molar-refractivity contribution in [3.8, 4) is 5.75 Å². The lowest BCUT2D eigenvalue weighted by molar-refractivity contribution is -0.123. The van der Waals surface area contributed by atoms with Gasteiger partial charge in [-0.2, -0.15) is 0 Å². The lowest BCUT2D eigenvalue weighted by atomic mass is 10.1. The van der Waals surface area contributed by atoms with E-state index in [1.807, 2.05) is 6.92 Å². The van der Waals surface area contributed by atoms with Gasteiger partial charge in [-0.25, -0.2) is 4.90 Å². The van der Waals surface area contributed by atoms with Crippen molar-refractivity contribution >= 4 is 29.1 Å². The lowest BCUT2D eigenvalue weighted by Gasteiger charge is -2.30. The van der Waals surface area contributed by atoms with Crippen LogP contribution in [0, 0.1) is 6.92 Å². The number of benzene rings is 1. The van der Waals surface area contributed by atoms with Crippen LogP contribution in [-0.4, -0.2) is 43.0 Å². The molecular weight excluding hydrogens is 316 g/mol. The van der Waals surface area contributed by atoms with Crippen LogP contribution < -0.4 is 9.64 Å². The zero-order chi connectivity index (χ0) is 16.6. The molecule has 23 heavy (non-hydrogen) atoms. The first-order valence-corrected chi connectivity index (χ1v) is 8.35. The van der Waals surface area contributed by atoms with Crippen LogP contribution in [-0.2, 0) is 9.59 Å². The second kappa shape index (κ2) is 6.49. The normalized spacial score (nSPS) is 22.7. The molecule has 2 heterocycles. The smallest absolute Gasteiger partial charge is 0.251 e. The van der Waals surface area contributed by atoms with Gasteiger partial charge in [-0.1, -0.05) is 18.0 Å². The Balaban J connectivity index is 1.92. The maximum atomic E-state index is 12.9. The molecule has 0 unspecified atom stereocenters. The molecule has 0 bridgehead atoms. The van der Waals surface area contributed by atoms with Gasteiger partial charge in [0.15, 0.2) is 0 Å². The van der Waals surface area contributed by atoms with Crippen molar-refractivity contribution in [3.05, 3.63) is 22.7 Å². The molecule has 6 heteroatoms. The molecule has 0 saturated carbocycles. The van der Waals surface area contributed by atoms with Gasteiger partial charge in [0.05, 0.1) is 25.3 Å². The number of ether oxygens (including phenoxy) is 1. The van der Waals surface area contributed by atoms with E-state index in [-0.39, 0.29) is 24.3 Å². The van der Waals surface area contributed by atoms with Gasteiger partial charge < -0.3 is 4.74 Å². The van der Waals surface area contributed by atoms with Crippen molar-refractivity contribution in [2.45, 2.75) is 38.6 Å². The number of piperidine rings is 1. The molecule has 2 aliphatic heterocycles. The maximum absolute atomic E-state index is 12.9. The largest absolute Gasteiger partial charge is 0.495 e. The number of hydrogen-bond donors (Lipinski definition) is 0. The number of carbonyl (C=O) groups is 2. The van der Waals surface area contributed by atoms with Crippen LogP contribution in [0.3, 0.4) is 0 Å². The summed E-state index contributed by atoms with van der Waals surface area (Å²) in [6.45, 7) is 3.61. The van der Waals surface area contributed by atoms with Gasteiger partial charge in [0.1, 0.15) is 5.75 Å². The van der Waals surface area contributed by atoms with Crippen molar-refractivity contribution in [2.75, 3.05) is 25.1 Å². The summed E-state index contributed by atoms with van der Waals surface area (Å²) in [6, 6.07) is 3.06. The highest BCUT2D eigenvalue weighted by Crippen LogP contribution is 2.37. The highest BCUT2D eigenvalue weighted by molar-refractivity contribution is 6.32. The van der Waals surface area contributed by atoms with E-state index in [4.69, 9.17) is 16.3 Å². The van der Waals surface area contributed by atoms with E-state index in [2.05, 4.69) is 4.90 Å². The summed E-state index contributed by atoms with van der Waals surface area (Å²) in [4.78, 5) is 28.8. The number of anilines is 1. The van der Waals surface area contributed by atoms with Crippen LogP contribution in [0.4, 0.5) is 5.69 Å². The van der Waals surface area contributed by atoms with Gasteiger partial charge in [-0.15, -0.1) is 0 Å². The molecule has 0 N–H and O–H groups in total. The third-order valence-corrected chi connectivity index (χ3v) is 5.06. The molecule has 1 aromatic rings. The number of halogens is 1. The molecule has 2 amide bonds. The van der Waals surface area contributed by atoms with Crippen molar-refractivity contribution in [1.82, 2.24) is 4.90 Å². The minimum atomic E-state index is -0.344. The quantitative estimate of drug-likeness (QED) is 0.796. The first kappa shape index (κ1) is 16.3. The fourth-order valence-corrected chi connectivity index (χ4v) is 3.52. The van der Waals surface area contributed by atoms with E-state index in [9.17, 15) is 9.59 Å². The summed E-state index contributed by atoms with van der Waals surface area (Å²) in [5.74, 6) is 0.115. The predicted octanol–water partition coefficient (Wildman–Crippen LogP) is 2.77. The molecule has 1 aromatic carbocycles. The summed E-state index contributed by atoms with van der Waals surface area (Å²) >= 11 is 6.12. The minimum absolute atomic E-state index is 0.156. The average molecular weight is 337 g/mol. The van der Waals surface area contributed by atoms with Gasteiger partial charge in [0, 0.05) is 11.1 Å². The van der Waals surface area contributed by atoms with Gasteiger partial charge >= 0.3 is 0 Å². The second-order valence-electron chi connectivity index (χ2n) is 6.16. The van der Waals surface area contributed by atoms with Crippen molar-refractivity contribution in [1.29, 1.82) is 0 Å². The van der Waals surface area contributed by atoms with Crippen molar-refractivity contribution < 1.29 is 14.3 Å². The predicted molar refractivity (Wildman–Crippen MR) is 89.1 cm³/mol. The number of nitrogens with zero attached hydrogens (tertiary/aromatic N) is 2. The Morgan fingerprint density at radius 1 is 1.17 bits per heavy atom. The fraction of sp³-hybridized carbons (Fsp3) is 0.529. The van der Waals surface area contributed by atoms with Crippen molar-refractivity contribution in [2.24, 2.45) is 0 Å². The topological polar surface area (TPSA) is 49.9 Å². The number of amides is 2. The molecule has 2 fully saturated rings. The lowest BCUT2D eigenvalue weighted by Crippen LogP contribution is -2.44. The van der Waals surface area contributed by atoms with Crippen LogP contribution in [0.5, 0.6) is 5.75 Å². The number of methoxy groups -OCH3 is 1. The first-order valence-electron chi connectivity index (χ1n) is 7.98. The molecule has 124 valence electrons. The van der Waals surface area contributed by atoms with Gasteiger partial charge in [-0.05, 0) is 44.5 Å². The summed E-state index contributed by atoms with van der Waals surface area (Å²) in [5.41, 5.74) is 1.30. The standard InChI is InChI=1S/C17H21ClN2O3/c1-11-8-13(15(23-2)9-12(11)18)20-16(21)10-14(17(20)22)19-6-4-3-5-7-19/h8-9,14H,3-7,10H2,1-2H3/t14-/m0/s1. The Morgan fingerprint density at radius 3 is 2.52 bits per heavy atom. The molecule has 0 spiro atoms. The molecule has 2 saturated heterocycles. The monoisotopic (exact) mass is 336 g/mol. The number of hydrogen-bond acceptors (Lipinski definition) is 4. The molecule has 5 nitrogen and oxygen atoms in total. The Hall–Kier alpha value is -1.59. The number of likely N-dealkylation sites (tertiary alicyclic amines) is 1. The number of carbonyl (C=O) groups excluding carboxylic acids is 2. The molecule has 2 aliphatic rings. The van der Waals surface area contributed by atoms with E-state index in [1.165, 1.54) is 18.4 Å². The number of rotatable bonds is 3. The molecular formula is C17H21ClN2O3. The summed E-state index contributed by atoms with van der Waals surface area (Å²) < 4.78 is 5.33. The Bertz CT molecular complexity index is 641. The fourth-order valence-electron chi connectivity index (χ4n) is 3.37. The van der Waals surface area contributed by atoms with Gasteiger partial charge in [0.2, 0.25) is 5.91 Å². The molecule has 0 aromatic heterocycles. The third-order valence-electron chi connectivity index (χ3n) is 4.66. The van der Waals surface area contributed by atoms with Crippen LogP contribution in [0.25, 0.3) is 0 Å². The summed E-state index contributed by atoms with van der Waals surface area (Å²) in [6.07, 6.45) is 3.60. The summed E-state index contributed by atoms with van der Waals surface area (Å²) in [7, 11) is 1.51. The first-order chi connectivity index (χ1) is 11.0. The Labute approximate surface area is 141 Å². The van der Waals surface area contributed by atoms with Crippen LogP contribution in [0.1, 0.15) is 31.2 Å². The maximum Gasteiger partial charge on any atom is 0.251 e.